The van der Waals surface area contributed by atoms with Crippen LogP contribution in [0.5, 0.6) is 5.75 Å². The molecular weight excluding hydrogens is 400 g/mol. The van der Waals surface area contributed by atoms with Crippen molar-refractivity contribution in [2.24, 2.45) is 0 Å². The van der Waals surface area contributed by atoms with E-state index in [0.717, 1.165) is 16.7 Å². The molecule has 166 valence electrons. The van der Waals surface area contributed by atoms with Gasteiger partial charge < -0.3 is 4.74 Å². The van der Waals surface area contributed by atoms with Crippen molar-refractivity contribution in [2.45, 2.75) is 45.6 Å². The number of carbonyl (C=O) groups excluding carboxylic acids is 2. The van der Waals surface area contributed by atoms with Crippen LogP contribution in [-0.2, 0) is 10.2 Å². The van der Waals surface area contributed by atoms with Gasteiger partial charge in [0.05, 0.1) is 0 Å². The van der Waals surface area contributed by atoms with E-state index in [0.29, 0.717) is 17.7 Å². The summed E-state index contributed by atoms with van der Waals surface area (Å²) >= 11 is 0. The van der Waals surface area contributed by atoms with Gasteiger partial charge in [0.15, 0.2) is 6.10 Å². The standard InChI is InChI=1S/C27H30N2O3/c1-5-24(32-23-17-13-20(14-18-23)19-9-7-6-8-10-19)26(31)29-28-25(30)21-11-15-22(16-12-21)27(2,3)4/h6-18,24H,5H2,1-4H3,(H,28,30)(H,29,31). The molecule has 2 N–H and O–H groups in total. The van der Waals surface area contributed by atoms with E-state index in [1.165, 1.54) is 0 Å². The normalized spacial score (nSPS) is 12.0. The number of ether oxygens (including phenoxy) is 1. The molecule has 5 heteroatoms. The lowest BCUT2D eigenvalue weighted by Gasteiger charge is -2.19. The average Bonchev–Trinajstić information content (AvgIpc) is 2.81. The molecule has 0 aliphatic heterocycles. The summed E-state index contributed by atoms with van der Waals surface area (Å²) in [5.41, 5.74) is 8.74. The summed E-state index contributed by atoms with van der Waals surface area (Å²) in [5.74, 6) is -0.184. The minimum absolute atomic E-state index is 0.00814. The monoisotopic (exact) mass is 430 g/mol. The Balaban J connectivity index is 1.56. The fraction of sp³-hybridized carbons (Fsp3) is 0.259. The minimum Gasteiger partial charge on any atom is -0.481 e. The zero-order chi connectivity index (χ0) is 23.1. The van der Waals surface area contributed by atoms with E-state index in [1.54, 1.807) is 12.1 Å². The van der Waals surface area contributed by atoms with Gasteiger partial charge >= 0.3 is 0 Å². The van der Waals surface area contributed by atoms with Crippen LogP contribution >= 0.6 is 0 Å². The van der Waals surface area contributed by atoms with Gasteiger partial charge in [0.25, 0.3) is 11.8 Å². The third kappa shape index (κ3) is 5.97. The van der Waals surface area contributed by atoms with Crippen LogP contribution in [-0.4, -0.2) is 17.9 Å². The number of carbonyl (C=O) groups is 2. The molecule has 32 heavy (non-hydrogen) atoms. The van der Waals surface area contributed by atoms with E-state index in [4.69, 9.17) is 4.74 Å². The molecule has 0 heterocycles. The van der Waals surface area contributed by atoms with Crippen LogP contribution in [0.4, 0.5) is 0 Å². The maximum Gasteiger partial charge on any atom is 0.279 e. The van der Waals surface area contributed by atoms with E-state index in [9.17, 15) is 9.59 Å². The largest absolute Gasteiger partial charge is 0.481 e. The molecule has 0 saturated heterocycles. The van der Waals surface area contributed by atoms with Crippen LogP contribution in [0, 0.1) is 0 Å². The highest BCUT2D eigenvalue weighted by atomic mass is 16.5. The van der Waals surface area contributed by atoms with Crippen molar-refractivity contribution in [1.82, 2.24) is 10.9 Å². The molecule has 1 unspecified atom stereocenters. The zero-order valence-electron chi connectivity index (χ0n) is 19.0. The molecule has 0 aromatic heterocycles. The second-order valence-corrected chi connectivity index (χ2v) is 8.68. The van der Waals surface area contributed by atoms with Gasteiger partial charge in [0, 0.05) is 5.56 Å². The van der Waals surface area contributed by atoms with Gasteiger partial charge in [-0.2, -0.15) is 0 Å². The van der Waals surface area contributed by atoms with Crippen LogP contribution in [0.25, 0.3) is 11.1 Å². The van der Waals surface area contributed by atoms with Crippen molar-refractivity contribution in [1.29, 1.82) is 0 Å². The Morgan fingerprint density at radius 2 is 1.41 bits per heavy atom. The van der Waals surface area contributed by atoms with E-state index in [2.05, 4.69) is 31.6 Å². The Labute approximate surface area is 189 Å². The van der Waals surface area contributed by atoms with Crippen LogP contribution in [0.1, 0.15) is 50.0 Å². The van der Waals surface area contributed by atoms with Crippen molar-refractivity contribution in [3.05, 3.63) is 90.0 Å². The van der Waals surface area contributed by atoms with E-state index >= 15 is 0 Å². The van der Waals surface area contributed by atoms with Gasteiger partial charge in [0.2, 0.25) is 0 Å². The second kappa shape index (κ2) is 10.1. The highest BCUT2D eigenvalue weighted by Gasteiger charge is 2.20. The Bertz CT molecular complexity index is 1040. The highest BCUT2D eigenvalue weighted by molar-refractivity contribution is 5.95. The summed E-state index contributed by atoms with van der Waals surface area (Å²) in [6.07, 6.45) is -0.260. The summed E-state index contributed by atoms with van der Waals surface area (Å²) in [5, 5.41) is 0. The zero-order valence-corrected chi connectivity index (χ0v) is 19.0. The summed E-state index contributed by atoms with van der Waals surface area (Å²) in [6, 6.07) is 25.0. The Morgan fingerprint density at radius 1 is 0.812 bits per heavy atom. The Morgan fingerprint density at radius 3 is 1.97 bits per heavy atom. The molecule has 0 radical (unpaired) electrons. The lowest BCUT2D eigenvalue weighted by Crippen LogP contribution is -2.47. The Kier molecular flexibility index (Phi) is 7.31. The molecule has 2 amide bonds. The van der Waals surface area contributed by atoms with E-state index < -0.39 is 12.0 Å². The number of rotatable bonds is 6. The first-order valence-corrected chi connectivity index (χ1v) is 10.8. The maximum absolute atomic E-state index is 12.5. The van der Waals surface area contributed by atoms with Crippen LogP contribution in [0.15, 0.2) is 78.9 Å². The predicted molar refractivity (Wildman–Crippen MR) is 127 cm³/mol. The molecule has 1 atom stereocenters. The first-order chi connectivity index (χ1) is 15.3. The van der Waals surface area contributed by atoms with Gasteiger partial charge in [-0.1, -0.05) is 82.3 Å². The maximum atomic E-state index is 12.5. The van der Waals surface area contributed by atoms with Crippen molar-refractivity contribution < 1.29 is 14.3 Å². The number of hydrogen-bond acceptors (Lipinski definition) is 3. The highest BCUT2D eigenvalue weighted by Crippen LogP contribution is 2.23. The molecular formula is C27H30N2O3. The number of benzene rings is 3. The molecule has 3 aromatic rings. The van der Waals surface area contributed by atoms with E-state index in [-0.39, 0.29) is 11.3 Å². The van der Waals surface area contributed by atoms with Crippen molar-refractivity contribution in [3.8, 4) is 16.9 Å². The molecule has 0 fully saturated rings. The van der Waals surface area contributed by atoms with Crippen LogP contribution < -0.4 is 15.6 Å². The fourth-order valence-corrected chi connectivity index (χ4v) is 3.24. The molecule has 0 spiro atoms. The van der Waals surface area contributed by atoms with Crippen molar-refractivity contribution in [2.75, 3.05) is 0 Å². The summed E-state index contributed by atoms with van der Waals surface area (Å²) in [4.78, 5) is 24.9. The fourth-order valence-electron chi connectivity index (χ4n) is 3.24. The first-order valence-electron chi connectivity index (χ1n) is 10.8. The number of amides is 2. The Hall–Kier alpha value is -3.60. The third-order valence-corrected chi connectivity index (χ3v) is 5.22. The summed E-state index contributed by atoms with van der Waals surface area (Å²) in [6.45, 7) is 8.20. The van der Waals surface area contributed by atoms with Gasteiger partial charge in [-0.05, 0) is 52.8 Å². The lowest BCUT2D eigenvalue weighted by atomic mass is 9.87. The van der Waals surface area contributed by atoms with Crippen molar-refractivity contribution in [3.63, 3.8) is 0 Å². The van der Waals surface area contributed by atoms with Crippen molar-refractivity contribution >= 4 is 11.8 Å². The topological polar surface area (TPSA) is 67.4 Å². The first kappa shape index (κ1) is 23.1. The molecule has 0 aliphatic rings. The SMILES string of the molecule is CCC(Oc1ccc(-c2ccccc2)cc1)C(=O)NNC(=O)c1ccc(C(C)(C)C)cc1. The minimum atomic E-state index is -0.721. The smallest absolute Gasteiger partial charge is 0.279 e. The number of hydrogen-bond donors (Lipinski definition) is 2. The number of hydrazine groups is 1. The predicted octanol–water partition coefficient (Wildman–Crippen LogP) is 5.27. The van der Waals surface area contributed by atoms with Gasteiger partial charge in [-0.25, -0.2) is 0 Å². The second-order valence-electron chi connectivity index (χ2n) is 8.68. The lowest BCUT2D eigenvalue weighted by molar-refractivity contribution is -0.128. The van der Waals surface area contributed by atoms with Gasteiger partial charge in [-0.3, -0.25) is 20.4 Å². The molecule has 3 aromatic carbocycles. The summed E-state index contributed by atoms with van der Waals surface area (Å²) in [7, 11) is 0. The molecule has 0 aliphatic carbocycles. The number of nitrogens with one attached hydrogen (secondary N) is 2. The van der Waals surface area contributed by atoms with Gasteiger partial charge in [-0.15, -0.1) is 0 Å². The van der Waals surface area contributed by atoms with Gasteiger partial charge in [0.1, 0.15) is 5.75 Å². The molecule has 0 saturated carbocycles. The van der Waals surface area contributed by atoms with Crippen LogP contribution in [0.3, 0.4) is 0 Å². The summed E-state index contributed by atoms with van der Waals surface area (Å²) < 4.78 is 5.84. The quantitative estimate of drug-likeness (QED) is 0.524. The molecule has 3 rings (SSSR count). The average molecular weight is 431 g/mol. The molecule has 0 bridgehead atoms. The third-order valence-electron chi connectivity index (χ3n) is 5.22. The molecule has 5 nitrogen and oxygen atoms in total. The van der Waals surface area contributed by atoms with E-state index in [1.807, 2.05) is 73.7 Å². The van der Waals surface area contributed by atoms with Crippen LogP contribution in [0.2, 0.25) is 0 Å².